The van der Waals surface area contributed by atoms with Crippen LogP contribution in [0.25, 0.3) is 11.3 Å². The van der Waals surface area contributed by atoms with Crippen molar-refractivity contribution in [2.45, 2.75) is 0 Å². The second kappa shape index (κ2) is 3.95. The van der Waals surface area contributed by atoms with Crippen molar-refractivity contribution in [3.05, 3.63) is 46.8 Å². The Bertz CT molecular complexity index is 610. The van der Waals surface area contributed by atoms with Crippen LogP contribution in [0.15, 0.2) is 35.5 Å². The molecule has 0 radical (unpaired) electrons. The number of nitrogens with zero attached hydrogens (tertiary/aromatic N) is 4. The Morgan fingerprint density at radius 1 is 1.50 bits per heavy atom. The van der Waals surface area contributed by atoms with Gasteiger partial charge in [-0.2, -0.15) is 10.2 Å². The van der Waals surface area contributed by atoms with Gasteiger partial charge in [0.1, 0.15) is 6.07 Å². The number of aryl methyl sites for hydroxylation is 1. The fraction of sp³-hybridized carbons (Fsp3) is 0.0909. The molecule has 2 aromatic heterocycles. The van der Waals surface area contributed by atoms with Crippen LogP contribution in [0, 0.1) is 11.3 Å². The molecule has 0 aliphatic carbocycles. The van der Waals surface area contributed by atoms with Crippen LogP contribution in [0.5, 0.6) is 0 Å². The van der Waals surface area contributed by atoms with E-state index in [9.17, 15) is 4.79 Å². The third-order valence-corrected chi connectivity index (χ3v) is 2.14. The minimum atomic E-state index is -0.391. The van der Waals surface area contributed by atoms with E-state index >= 15 is 0 Å². The first kappa shape index (κ1) is 10.1. The summed E-state index contributed by atoms with van der Waals surface area (Å²) in [6.07, 6.45) is 4.66. The molecule has 0 unspecified atom stereocenters. The third kappa shape index (κ3) is 1.68. The molecular weight excluding hydrogens is 204 g/mol. The average molecular weight is 212 g/mol. The minimum absolute atomic E-state index is 0.357. The van der Waals surface area contributed by atoms with Crippen molar-refractivity contribution in [2.75, 3.05) is 0 Å². The summed E-state index contributed by atoms with van der Waals surface area (Å²) >= 11 is 0. The Kier molecular flexibility index (Phi) is 2.48. The van der Waals surface area contributed by atoms with Crippen LogP contribution in [-0.2, 0) is 7.05 Å². The van der Waals surface area contributed by atoms with E-state index in [1.807, 2.05) is 6.07 Å². The Morgan fingerprint density at radius 3 is 2.94 bits per heavy atom. The molecule has 0 fully saturated rings. The van der Waals surface area contributed by atoms with Crippen molar-refractivity contribution in [3.8, 4) is 17.3 Å². The minimum Gasteiger partial charge on any atom is -0.301 e. The summed E-state index contributed by atoms with van der Waals surface area (Å²) < 4.78 is 1.28. The number of aromatic nitrogens is 3. The molecule has 0 aliphatic rings. The normalized spacial score (nSPS) is 9.75. The molecule has 0 amide bonds. The van der Waals surface area contributed by atoms with E-state index in [2.05, 4.69) is 9.97 Å². The second-order valence-corrected chi connectivity index (χ2v) is 3.25. The number of hydrogen-bond donors (Lipinski definition) is 0. The first-order valence-corrected chi connectivity index (χ1v) is 4.60. The Labute approximate surface area is 91.6 Å². The van der Waals surface area contributed by atoms with Gasteiger partial charge in [-0.05, 0) is 12.1 Å². The molecule has 0 N–H and O–H groups in total. The SMILES string of the molecule is Cn1cc(C#N)c(-c2cccnc2)nc1=O. The van der Waals surface area contributed by atoms with E-state index in [-0.39, 0.29) is 0 Å². The maximum Gasteiger partial charge on any atom is 0.347 e. The summed E-state index contributed by atoms with van der Waals surface area (Å²) in [5, 5.41) is 8.97. The zero-order valence-electron chi connectivity index (χ0n) is 8.58. The van der Waals surface area contributed by atoms with Crippen molar-refractivity contribution in [1.82, 2.24) is 14.5 Å². The van der Waals surface area contributed by atoms with E-state index < -0.39 is 5.69 Å². The highest BCUT2D eigenvalue weighted by Gasteiger charge is 2.08. The highest BCUT2D eigenvalue weighted by atomic mass is 16.1. The van der Waals surface area contributed by atoms with Gasteiger partial charge >= 0.3 is 5.69 Å². The molecule has 2 aromatic rings. The summed E-state index contributed by atoms with van der Waals surface area (Å²) in [6.45, 7) is 0. The van der Waals surface area contributed by atoms with Gasteiger partial charge < -0.3 is 4.57 Å². The van der Waals surface area contributed by atoms with Gasteiger partial charge in [-0.25, -0.2) is 4.79 Å². The number of pyridine rings is 1. The van der Waals surface area contributed by atoms with Gasteiger partial charge in [0.2, 0.25) is 0 Å². The van der Waals surface area contributed by atoms with Gasteiger partial charge in [-0.1, -0.05) is 0 Å². The van der Waals surface area contributed by atoms with Gasteiger partial charge in [-0.3, -0.25) is 4.98 Å². The van der Waals surface area contributed by atoms with Crippen LogP contribution < -0.4 is 5.69 Å². The zero-order chi connectivity index (χ0) is 11.5. The first-order valence-electron chi connectivity index (χ1n) is 4.60. The summed E-state index contributed by atoms with van der Waals surface area (Å²) in [4.78, 5) is 19.2. The largest absolute Gasteiger partial charge is 0.347 e. The third-order valence-electron chi connectivity index (χ3n) is 2.14. The van der Waals surface area contributed by atoms with Crippen molar-refractivity contribution < 1.29 is 0 Å². The summed E-state index contributed by atoms with van der Waals surface area (Å²) in [5.74, 6) is 0. The molecule has 0 aromatic carbocycles. The van der Waals surface area contributed by atoms with E-state index in [0.29, 0.717) is 16.8 Å². The summed E-state index contributed by atoms with van der Waals surface area (Å²) in [6, 6.07) is 5.50. The maximum absolute atomic E-state index is 11.4. The monoisotopic (exact) mass is 212 g/mol. The fourth-order valence-corrected chi connectivity index (χ4v) is 1.35. The standard InChI is InChI=1S/C11H8N4O/c1-15-7-9(5-12)10(14-11(15)16)8-3-2-4-13-6-8/h2-4,6-7H,1H3. The van der Waals surface area contributed by atoms with Crippen LogP contribution in [0.2, 0.25) is 0 Å². The smallest absolute Gasteiger partial charge is 0.301 e. The van der Waals surface area contributed by atoms with Crippen LogP contribution in [0.1, 0.15) is 5.56 Å². The molecule has 0 spiro atoms. The molecule has 5 nitrogen and oxygen atoms in total. The van der Waals surface area contributed by atoms with Crippen LogP contribution >= 0.6 is 0 Å². The topological polar surface area (TPSA) is 71.6 Å². The van der Waals surface area contributed by atoms with Crippen molar-refractivity contribution in [2.24, 2.45) is 7.05 Å². The highest BCUT2D eigenvalue weighted by molar-refractivity contribution is 5.64. The van der Waals surface area contributed by atoms with E-state index in [1.54, 1.807) is 31.6 Å². The molecule has 0 aliphatic heterocycles. The molecule has 0 saturated heterocycles. The molecule has 2 heterocycles. The zero-order valence-corrected chi connectivity index (χ0v) is 8.58. The quantitative estimate of drug-likeness (QED) is 0.698. The Balaban J connectivity index is 2.71. The molecule has 0 saturated carbocycles. The second-order valence-electron chi connectivity index (χ2n) is 3.25. The molecule has 16 heavy (non-hydrogen) atoms. The van der Waals surface area contributed by atoms with Crippen molar-refractivity contribution >= 4 is 0 Å². The van der Waals surface area contributed by atoms with Gasteiger partial charge in [0.05, 0.1) is 11.3 Å². The predicted octanol–water partition coefficient (Wildman–Crippen LogP) is 0.714. The lowest BCUT2D eigenvalue weighted by Gasteiger charge is -2.03. The van der Waals surface area contributed by atoms with E-state index in [0.717, 1.165) is 0 Å². The molecule has 5 heteroatoms. The van der Waals surface area contributed by atoms with Crippen molar-refractivity contribution in [1.29, 1.82) is 5.26 Å². The molecule has 2 rings (SSSR count). The Morgan fingerprint density at radius 2 is 2.31 bits per heavy atom. The lowest BCUT2D eigenvalue weighted by Crippen LogP contribution is -2.20. The molecule has 0 bridgehead atoms. The highest BCUT2D eigenvalue weighted by Crippen LogP contribution is 2.17. The molecule has 0 atom stereocenters. The van der Waals surface area contributed by atoms with Crippen LogP contribution in [-0.4, -0.2) is 14.5 Å². The van der Waals surface area contributed by atoms with Gasteiger partial charge in [0, 0.05) is 31.2 Å². The van der Waals surface area contributed by atoms with Crippen molar-refractivity contribution in [3.63, 3.8) is 0 Å². The number of nitriles is 1. The van der Waals surface area contributed by atoms with E-state index in [1.165, 1.54) is 10.8 Å². The summed E-state index contributed by atoms with van der Waals surface area (Å²) in [7, 11) is 1.56. The number of rotatable bonds is 1. The lowest BCUT2D eigenvalue weighted by atomic mass is 10.1. The summed E-state index contributed by atoms with van der Waals surface area (Å²) in [5.41, 5.74) is 1.00. The fourth-order valence-electron chi connectivity index (χ4n) is 1.35. The molecule has 78 valence electrons. The van der Waals surface area contributed by atoms with E-state index in [4.69, 9.17) is 5.26 Å². The maximum atomic E-state index is 11.4. The van der Waals surface area contributed by atoms with Gasteiger partial charge in [0.15, 0.2) is 0 Å². The van der Waals surface area contributed by atoms with Crippen LogP contribution in [0.3, 0.4) is 0 Å². The first-order chi connectivity index (χ1) is 7.72. The number of hydrogen-bond acceptors (Lipinski definition) is 4. The average Bonchev–Trinajstić information content (AvgIpc) is 2.33. The Hall–Kier alpha value is -2.48. The van der Waals surface area contributed by atoms with Crippen LogP contribution in [0.4, 0.5) is 0 Å². The lowest BCUT2D eigenvalue weighted by molar-refractivity contribution is 0.809. The molecular formula is C11H8N4O. The van der Waals surface area contributed by atoms with Gasteiger partial charge in [0.25, 0.3) is 0 Å². The predicted molar refractivity (Wildman–Crippen MR) is 57.4 cm³/mol. The van der Waals surface area contributed by atoms with Gasteiger partial charge in [-0.15, -0.1) is 0 Å².